The minimum Gasteiger partial charge on any atom is -0.376 e. The zero-order chi connectivity index (χ0) is 11.9. The Balaban J connectivity index is 3.62. The smallest absolute Gasteiger partial charge is 0.277 e. The van der Waals surface area contributed by atoms with Gasteiger partial charge < -0.3 is 4.74 Å². The second-order valence-corrected chi connectivity index (χ2v) is 5.21. The lowest BCUT2D eigenvalue weighted by molar-refractivity contribution is 0.162. The monoisotopic (exact) mass is 236 g/mol. The van der Waals surface area contributed by atoms with Crippen molar-refractivity contribution in [2.45, 2.75) is 26.8 Å². The summed E-state index contributed by atoms with van der Waals surface area (Å²) in [7, 11) is -3.38. The van der Waals surface area contributed by atoms with Crippen LogP contribution in [-0.4, -0.2) is 34.2 Å². The molecule has 0 aliphatic carbocycles. The van der Waals surface area contributed by atoms with Gasteiger partial charge in [-0.25, -0.2) is 0 Å². The van der Waals surface area contributed by atoms with E-state index in [1.165, 1.54) is 0 Å². The molecule has 0 fully saturated rings. The summed E-state index contributed by atoms with van der Waals surface area (Å²) in [6, 6.07) is -0.112. The Morgan fingerprint density at radius 1 is 1.47 bits per heavy atom. The van der Waals surface area contributed by atoms with E-state index < -0.39 is 10.2 Å². The summed E-state index contributed by atoms with van der Waals surface area (Å²) in [5.41, 5.74) is 0.915. The van der Waals surface area contributed by atoms with Gasteiger partial charge in [0, 0.05) is 12.6 Å². The van der Waals surface area contributed by atoms with E-state index in [9.17, 15) is 8.42 Å². The molecule has 0 spiro atoms. The van der Waals surface area contributed by atoms with Crippen molar-refractivity contribution in [3.05, 3.63) is 12.2 Å². The highest BCUT2D eigenvalue weighted by Crippen LogP contribution is 1.87. The maximum absolute atomic E-state index is 11.2. The normalized spacial score (nSPS) is 12.0. The molecule has 0 heterocycles. The molecule has 0 aromatic rings. The number of hydrogen-bond donors (Lipinski definition) is 2. The Labute approximate surface area is 92.1 Å². The van der Waals surface area contributed by atoms with Gasteiger partial charge in [-0.15, -0.1) is 0 Å². The predicted octanol–water partition coefficient (Wildman–Crippen LogP) is 0.412. The highest BCUT2D eigenvalue weighted by atomic mass is 32.2. The zero-order valence-electron chi connectivity index (χ0n) is 9.54. The van der Waals surface area contributed by atoms with Crippen LogP contribution >= 0.6 is 0 Å². The third-order valence-corrected chi connectivity index (χ3v) is 2.64. The topological polar surface area (TPSA) is 67.4 Å². The summed E-state index contributed by atoms with van der Waals surface area (Å²) < 4.78 is 32.4. The highest BCUT2D eigenvalue weighted by Gasteiger charge is 2.09. The average molecular weight is 236 g/mol. The summed E-state index contributed by atoms with van der Waals surface area (Å²) in [6.07, 6.45) is 0. The van der Waals surface area contributed by atoms with E-state index in [2.05, 4.69) is 16.0 Å². The van der Waals surface area contributed by atoms with Gasteiger partial charge in [0.15, 0.2) is 0 Å². The third-order valence-electron chi connectivity index (χ3n) is 1.28. The minimum absolute atomic E-state index is 0.112. The van der Waals surface area contributed by atoms with Gasteiger partial charge >= 0.3 is 0 Å². The molecule has 6 heteroatoms. The molecule has 0 aliphatic heterocycles. The van der Waals surface area contributed by atoms with Crippen LogP contribution in [0.15, 0.2) is 12.2 Å². The molecular formula is C9H20N2O3S. The number of hydrogen-bond acceptors (Lipinski definition) is 3. The van der Waals surface area contributed by atoms with E-state index in [0.717, 1.165) is 5.57 Å². The highest BCUT2D eigenvalue weighted by molar-refractivity contribution is 7.87. The van der Waals surface area contributed by atoms with Crippen molar-refractivity contribution in [2.75, 3.05) is 19.8 Å². The number of ether oxygens (including phenoxy) is 1. The van der Waals surface area contributed by atoms with Crippen LogP contribution in [-0.2, 0) is 14.9 Å². The first-order chi connectivity index (χ1) is 6.83. The van der Waals surface area contributed by atoms with Crippen molar-refractivity contribution in [3.8, 4) is 0 Å². The van der Waals surface area contributed by atoms with Gasteiger partial charge in [-0.1, -0.05) is 12.2 Å². The molecule has 0 saturated carbocycles. The summed E-state index contributed by atoms with van der Waals surface area (Å²) >= 11 is 0. The first kappa shape index (κ1) is 14.6. The second kappa shape index (κ2) is 6.95. The van der Waals surface area contributed by atoms with Crippen molar-refractivity contribution in [1.29, 1.82) is 0 Å². The summed E-state index contributed by atoms with van der Waals surface area (Å²) in [6.45, 7) is 10.1. The Kier molecular flexibility index (Phi) is 6.75. The first-order valence-electron chi connectivity index (χ1n) is 4.82. The molecular weight excluding hydrogens is 216 g/mol. The van der Waals surface area contributed by atoms with Gasteiger partial charge in [0.05, 0.1) is 13.2 Å². The molecule has 15 heavy (non-hydrogen) atoms. The lowest BCUT2D eigenvalue weighted by Crippen LogP contribution is -2.41. The van der Waals surface area contributed by atoms with E-state index in [-0.39, 0.29) is 12.6 Å². The molecule has 0 radical (unpaired) electrons. The molecule has 5 nitrogen and oxygen atoms in total. The van der Waals surface area contributed by atoms with E-state index >= 15 is 0 Å². The minimum atomic E-state index is -3.38. The first-order valence-corrected chi connectivity index (χ1v) is 6.31. The van der Waals surface area contributed by atoms with E-state index in [0.29, 0.717) is 13.2 Å². The fraction of sp³-hybridized carbons (Fsp3) is 0.778. The quantitative estimate of drug-likeness (QED) is 0.474. The fourth-order valence-electron chi connectivity index (χ4n) is 0.847. The van der Waals surface area contributed by atoms with Gasteiger partial charge in [-0.3, -0.25) is 0 Å². The Morgan fingerprint density at radius 2 is 2.07 bits per heavy atom. The van der Waals surface area contributed by atoms with Gasteiger partial charge in [0.1, 0.15) is 0 Å². The molecule has 0 rings (SSSR count). The average Bonchev–Trinajstić information content (AvgIpc) is 1.99. The van der Waals surface area contributed by atoms with E-state index in [4.69, 9.17) is 4.74 Å². The van der Waals surface area contributed by atoms with Crippen LogP contribution in [0.1, 0.15) is 20.8 Å². The Morgan fingerprint density at radius 3 is 2.53 bits per heavy atom. The molecule has 0 saturated heterocycles. The van der Waals surface area contributed by atoms with Gasteiger partial charge in [0.2, 0.25) is 0 Å². The predicted molar refractivity (Wildman–Crippen MR) is 60.8 cm³/mol. The molecule has 0 bridgehead atoms. The molecule has 0 unspecified atom stereocenters. The third kappa shape index (κ3) is 9.86. The van der Waals surface area contributed by atoms with Gasteiger partial charge in [-0.2, -0.15) is 17.9 Å². The Bertz CT molecular complexity index is 286. The maximum atomic E-state index is 11.2. The molecule has 0 aromatic heterocycles. The zero-order valence-corrected chi connectivity index (χ0v) is 10.4. The number of rotatable bonds is 8. The van der Waals surface area contributed by atoms with Gasteiger partial charge in [0.25, 0.3) is 10.2 Å². The lowest BCUT2D eigenvalue weighted by atomic mass is 10.4. The maximum Gasteiger partial charge on any atom is 0.277 e. The van der Waals surface area contributed by atoms with E-state index in [1.807, 2.05) is 6.92 Å². The fourth-order valence-corrected chi connectivity index (χ4v) is 1.90. The van der Waals surface area contributed by atoms with Crippen molar-refractivity contribution in [1.82, 2.24) is 9.44 Å². The molecule has 0 amide bonds. The van der Waals surface area contributed by atoms with Crippen LogP contribution in [0, 0.1) is 0 Å². The SMILES string of the molecule is C=C(C)COCCNS(=O)(=O)NC(C)C. The molecule has 2 N–H and O–H groups in total. The van der Waals surface area contributed by atoms with Crippen LogP contribution in [0.25, 0.3) is 0 Å². The summed E-state index contributed by atoms with van der Waals surface area (Å²) in [5, 5.41) is 0. The second-order valence-electron chi connectivity index (χ2n) is 3.68. The molecule has 0 aromatic carbocycles. The summed E-state index contributed by atoms with van der Waals surface area (Å²) in [4.78, 5) is 0. The van der Waals surface area contributed by atoms with Crippen molar-refractivity contribution < 1.29 is 13.2 Å². The largest absolute Gasteiger partial charge is 0.376 e. The Hall–Kier alpha value is -0.430. The van der Waals surface area contributed by atoms with Gasteiger partial charge in [-0.05, 0) is 20.8 Å². The molecule has 0 atom stereocenters. The van der Waals surface area contributed by atoms with Crippen LogP contribution in [0.2, 0.25) is 0 Å². The molecule has 90 valence electrons. The van der Waals surface area contributed by atoms with E-state index in [1.54, 1.807) is 13.8 Å². The molecule has 0 aliphatic rings. The lowest BCUT2D eigenvalue weighted by Gasteiger charge is -2.10. The van der Waals surface area contributed by atoms with Crippen molar-refractivity contribution in [2.24, 2.45) is 0 Å². The van der Waals surface area contributed by atoms with Crippen LogP contribution in [0.5, 0.6) is 0 Å². The standard InChI is InChI=1S/C9H20N2O3S/c1-8(2)7-14-6-5-10-15(12,13)11-9(3)4/h9-11H,1,5-7H2,2-4H3. The summed E-state index contributed by atoms with van der Waals surface area (Å²) in [5.74, 6) is 0. The van der Waals surface area contributed by atoms with Crippen LogP contribution in [0.3, 0.4) is 0 Å². The van der Waals surface area contributed by atoms with Crippen molar-refractivity contribution in [3.63, 3.8) is 0 Å². The van der Waals surface area contributed by atoms with Crippen molar-refractivity contribution >= 4 is 10.2 Å². The number of nitrogens with one attached hydrogen (secondary N) is 2. The van der Waals surface area contributed by atoms with Crippen LogP contribution in [0.4, 0.5) is 0 Å². The van der Waals surface area contributed by atoms with Crippen LogP contribution < -0.4 is 9.44 Å².